The highest BCUT2D eigenvalue weighted by molar-refractivity contribution is 6.34. The highest BCUT2D eigenvalue weighted by Gasteiger charge is 2.25. The van der Waals surface area contributed by atoms with E-state index in [9.17, 15) is 14.4 Å². The van der Waals surface area contributed by atoms with Crippen LogP contribution in [0, 0.1) is 0 Å². The molecule has 1 saturated carbocycles. The van der Waals surface area contributed by atoms with Crippen LogP contribution in [-0.2, 0) is 4.79 Å². The first kappa shape index (κ1) is 19.1. The van der Waals surface area contributed by atoms with Gasteiger partial charge in [0.25, 0.3) is 11.8 Å². The number of carbonyl (C=O) groups is 3. The van der Waals surface area contributed by atoms with Gasteiger partial charge >= 0.3 is 6.03 Å². The molecule has 2 aromatic heterocycles. The second-order valence-corrected chi connectivity index (χ2v) is 7.59. The first-order valence-corrected chi connectivity index (χ1v) is 9.91. The van der Waals surface area contributed by atoms with Crippen molar-refractivity contribution < 1.29 is 14.4 Å². The molecule has 4 amide bonds. The lowest BCUT2D eigenvalue weighted by atomic mass is 10.2. The Bertz CT molecular complexity index is 1280. The summed E-state index contributed by atoms with van der Waals surface area (Å²) in [5.41, 5.74) is 1.31. The Morgan fingerprint density at radius 1 is 1.23 bits per heavy atom. The predicted molar refractivity (Wildman–Crippen MR) is 114 cm³/mol. The van der Waals surface area contributed by atoms with Crippen LogP contribution in [0.25, 0.3) is 11.7 Å². The average molecular weight is 438 g/mol. The smallest absolute Gasteiger partial charge is 0.326 e. The molecule has 0 bridgehead atoms. The number of benzene rings is 1. The Morgan fingerprint density at radius 3 is 2.74 bits per heavy atom. The summed E-state index contributed by atoms with van der Waals surface area (Å²) >= 11 is 6.13. The van der Waals surface area contributed by atoms with Gasteiger partial charge in [-0.25, -0.2) is 9.78 Å². The molecule has 10 nitrogen and oxygen atoms in total. The van der Waals surface area contributed by atoms with Gasteiger partial charge in [-0.3, -0.25) is 14.9 Å². The van der Waals surface area contributed by atoms with E-state index in [0.29, 0.717) is 39.5 Å². The maximum Gasteiger partial charge on any atom is 0.326 e. The van der Waals surface area contributed by atoms with Crippen LogP contribution in [0.5, 0.6) is 0 Å². The monoisotopic (exact) mass is 437 g/mol. The standard InChI is InChI=1S/C20H16ClN7O3/c21-13-4-2-1-3-12(13)18(29)26-15-8-16(23-11-5-6-11)28-17(25-15)10(9-22-28)7-14-19(30)27-20(31)24-14/h1-4,7-9,11,23H,5-6H2,(H,25,26,29)(H2,24,27,30,31)/b14-7-. The number of nitrogens with one attached hydrogen (secondary N) is 4. The van der Waals surface area contributed by atoms with E-state index in [1.54, 1.807) is 34.8 Å². The van der Waals surface area contributed by atoms with Gasteiger partial charge in [-0.2, -0.15) is 9.61 Å². The normalized spacial score (nSPS) is 17.0. The van der Waals surface area contributed by atoms with E-state index in [4.69, 9.17) is 11.6 Å². The van der Waals surface area contributed by atoms with Gasteiger partial charge in [0.05, 0.1) is 16.8 Å². The number of rotatable bonds is 5. The van der Waals surface area contributed by atoms with Crippen LogP contribution in [-0.4, -0.2) is 38.5 Å². The summed E-state index contributed by atoms with van der Waals surface area (Å²) < 4.78 is 1.59. The Labute approximate surface area is 180 Å². The van der Waals surface area contributed by atoms with Crippen LogP contribution in [0.1, 0.15) is 28.8 Å². The molecule has 5 rings (SSSR count). The first-order valence-electron chi connectivity index (χ1n) is 9.53. The van der Waals surface area contributed by atoms with Crippen LogP contribution in [0.4, 0.5) is 16.4 Å². The Hall–Kier alpha value is -3.92. The fourth-order valence-electron chi connectivity index (χ4n) is 3.15. The van der Waals surface area contributed by atoms with E-state index in [1.807, 2.05) is 0 Å². The summed E-state index contributed by atoms with van der Waals surface area (Å²) in [6.07, 6.45) is 5.09. The zero-order valence-corrected chi connectivity index (χ0v) is 16.7. The molecule has 0 spiro atoms. The number of imide groups is 1. The number of hydrogen-bond donors (Lipinski definition) is 4. The van der Waals surface area contributed by atoms with Crippen molar-refractivity contribution >= 4 is 52.8 Å². The van der Waals surface area contributed by atoms with Crippen molar-refractivity contribution in [1.29, 1.82) is 0 Å². The van der Waals surface area contributed by atoms with Crippen molar-refractivity contribution in [2.75, 3.05) is 10.6 Å². The lowest BCUT2D eigenvalue weighted by molar-refractivity contribution is -0.115. The van der Waals surface area contributed by atoms with Crippen LogP contribution in [0.2, 0.25) is 5.02 Å². The fraction of sp³-hybridized carbons (Fsp3) is 0.150. The number of nitrogens with zero attached hydrogens (tertiary/aromatic N) is 3. The highest BCUT2D eigenvalue weighted by Crippen LogP contribution is 2.28. The number of amides is 4. The van der Waals surface area contributed by atoms with Gasteiger partial charge in [0.15, 0.2) is 5.65 Å². The summed E-state index contributed by atoms with van der Waals surface area (Å²) in [6, 6.07) is 8.14. The van der Waals surface area contributed by atoms with Crippen LogP contribution < -0.4 is 21.3 Å². The molecule has 1 aliphatic carbocycles. The first-order chi connectivity index (χ1) is 15.0. The summed E-state index contributed by atoms with van der Waals surface area (Å²) in [4.78, 5) is 40.5. The van der Waals surface area contributed by atoms with Gasteiger partial charge in [-0.05, 0) is 31.1 Å². The molecule has 1 aliphatic heterocycles. The zero-order chi connectivity index (χ0) is 21.5. The van der Waals surface area contributed by atoms with E-state index >= 15 is 0 Å². The van der Waals surface area contributed by atoms with E-state index in [-0.39, 0.29) is 5.70 Å². The third-order valence-corrected chi connectivity index (χ3v) is 5.14. The predicted octanol–water partition coefficient (Wildman–Crippen LogP) is 2.39. The molecule has 156 valence electrons. The number of fused-ring (bicyclic) bond motifs is 1. The fourth-order valence-corrected chi connectivity index (χ4v) is 3.37. The van der Waals surface area contributed by atoms with Gasteiger partial charge < -0.3 is 16.0 Å². The molecule has 4 N–H and O–H groups in total. The second kappa shape index (κ2) is 7.40. The maximum absolute atomic E-state index is 12.7. The molecule has 0 atom stereocenters. The number of hydrogen-bond acceptors (Lipinski definition) is 6. The van der Waals surface area contributed by atoms with E-state index in [2.05, 4.69) is 31.3 Å². The molecule has 0 unspecified atom stereocenters. The lowest BCUT2D eigenvalue weighted by Gasteiger charge is -2.11. The van der Waals surface area contributed by atoms with Crippen molar-refractivity contribution in [3.63, 3.8) is 0 Å². The van der Waals surface area contributed by atoms with Gasteiger partial charge in [-0.15, -0.1) is 0 Å². The molecule has 2 aliphatic rings. The van der Waals surface area contributed by atoms with Crippen molar-refractivity contribution in [1.82, 2.24) is 25.2 Å². The maximum atomic E-state index is 12.7. The summed E-state index contributed by atoms with van der Waals surface area (Å²) in [6.45, 7) is 0. The lowest BCUT2D eigenvalue weighted by Crippen LogP contribution is -2.22. The molecule has 2 fully saturated rings. The number of aromatic nitrogens is 3. The number of halogens is 1. The molecule has 31 heavy (non-hydrogen) atoms. The number of urea groups is 1. The summed E-state index contributed by atoms with van der Waals surface area (Å²) in [5, 5.41) is 15.4. The molecular weight excluding hydrogens is 422 g/mol. The van der Waals surface area contributed by atoms with Crippen LogP contribution >= 0.6 is 11.6 Å². The SMILES string of the molecule is O=C1NC(=O)/C(=C/c2cnn3c(NC4CC4)cc(NC(=O)c4ccccc4Cl)nc23)N1. The van der Waals surface area contributed by atoms with Gasteiger partial charge in [-0.1, -0.05) is 23.7 Å². The Balaban J connectivity index is 1.54. The average Bonchev–Trinajstić information content (AvgIpc) is 3.37. The van der Waals surface area contributed by atoms with E-state index in [1.165, 1.54) is 12.3 Å². The molecule has 1 saturated heterocycles. The molecular formula is C20H16ClN7O3. The quantitative estimate of drug-likeness (QED) is 0.358. The van der Waals surface area contributed by atoms with Gasteiger partial charge in [0.2, 0.25) is 0 Å². The van der Waals surface area contributed by atoms with Crippen molar-refractivity contribution in [2.24, 2.45) is 0 Å². The number of carbonyl (C=O) groups excluding carboxylic acids is 3. The van der Waals surface area contributed by atoms with E-state index < -0.39 is 17.8 Å². The van der Waals surface area contributed by atoms with Gasteiger partial charge in [0.1, 0.15) is 17.3 Å². The van der Waals surface area contributed by atoms with Crippen molar-refractivity contribution in [3.05, 3.63) is 58.4 Å². The van der Waals surface area contributed by atoms with Crippen molar-refractivity contribution in [2.45, 2.75) is 18.9 Å². The highest BCUT2D eigenvalue weighted by atomic mass is 35.5. The third-order valence-electron chi connectivity index (χ3n) is 4.81. The topological polar surface area (TPSA) is 130 Å². The summed E-state index contributed by atoms with van der Waals surface area (Å²) in [7, 11) is 0. The third kappa shape index (κ3) is 3.80. The minimum absolute atomic E-state index is 0.0870. The molecule has 3 heterocycles. The zero-order valence-electron chi connectivity index (χ0n) is 16.0. The van der Waals surface area contributed by atoms with Crippen LogP contribution in [0.15, 0.2) is 42.2 Å². The van der Waals surface area contributed by atoms with E-state index in [0.717, 1.165) is 12.8 Å². The Kier molecular flexibility index (Phi) is 4.55. The van der Waals surface area contributed by atoms with Gasteiger partial charge in [0, 0.05) is 17.7 Å². The molecule has 1 aromatic carbocycles. The second-order valence-electron chi connectivity index (χ2n) is 7.18. The number of anilines is 2. The largest absolute Gasteiger partial charge is 0.367 e. The molecule has 3 aromatic rings. The van der Waals surface area contributed by atoms with Crippen LogP contribution in [0.3, 0.4) is 0 Å². The minimum Gasteiger partial charge on any atom is -0.367 e. The Morgan fingerprint density at radius 2 is 2.03 bits per heavy atom. The van der Waals surface area contributed by atoms with Crippen molar-refractivity contribution in [3.8, 4) is 0 Å². The molecule has 0 radical (unpaired) electrons. The minimum atomic E-state index is -0.593. The summed E-state index contributed by atoms with van der Waals surface area (Å²) in [5.74, 6) is -0.00215. The molecule has 11 heteroatoms.